The molecule has 2 aliphatic carbocycles. The Balaban J connectivity index is 1.72. The van der Waals surface area contributed by atoms with Crippen molar-refractivity contribution in [3.63, 3.8) is 0 Å². The van der Waals surface area contributed by atoms with Crippen LogP contribution in [0.4, 0.5) is 0 Å². The van der Waals surface area contributed by atoms with Crippen LogP contribution in [0.3, 0.4) is 0 Å². The predicted octanol–water partition coefficient (Wildman–Crippen LogP) is 2.95. The first-order valence-electron chi connectivity index (χ1n) is 7.56. The SMILES string of the molecule is CC1CCC(C)C(NCC2CCCC(O)C2)C1. The van der Waals surface area contributed by atoms with Crippen LogP contribution in [0.5, 0.6) is 0 Å². The molecule has 2 nitrogen and oxygen atoms in total. The molecule has 2 N–H and O–H groups in total. The summed E-state index contributed by atoms with van der Waals surface area (Å²) in [6.07, 6.45) is 8.66. The van der Waals surface area contributed by atoms with Gasteiger partial charge < -0.3 is 10.4 Å². The second-order valence-corrected chi connectivity index (χ2v) is 6.60. The minimum Gasteiger partial charge on any atom is -0.393 e. The van der Waals surface area contributed by atoms with E-state index in [-0.39, 0.29) is 6.10 Å². The van der Waals surface area contributed by atoms with Crippen LogP contribution in [0.25, 0.3) is 0 Å². The van der Waals surface area contributed by atoms with Crippen LogP contribution >= 0.6 is 0 Å². The Morgan fingerprint density at radius 3 is 2.65 bits per heavy atom. The lowest BCUT2D eigenvalue weighted by Crippen LogP contribution is -2.42. The summed E-state index contributed by atoms with van der Waals surface area (Å²) in [6, 6.07) is 0.720. The van der Waals surface area contributed by atoms with Crippen LogP contribution < -0.4 is 5.32 Å². The fourth-order valence-corrected chi connectivity index (χ4v) is 3.58. The molecule has 2 saturated carbocycles. The highest BCUT2D eigenvalue weighted by atomic mass is 16.3. The van der Waals surface area contributed by atoms with Gasteiger partial charge in [0.25, 0.3) is 0 Å². The minimum absolute atomic E-state index is 0.0294. The highest BCUT2D eigenvalue weighted by molar-refractivity contribution is 4.83. The van der Waals surface area contributed by atoms with E-state index in [9.17, 15) is 5.11 Å². The van der Waals surface area contributed by atoms with Gasteiger partial charge in [-0.2, -0.15) is 0 Å². The van der Waals surface area contributed by atoms with Crippen LogP contribution in [-0.4, -0.2) is 23.8 Å². The molecule has 0 amide bonds. The van der Waals surface area contributed by atoms with Crippen molar-refractivity contribution in [3.8, 4) is 0 Å². The van der Waals surface area contributed by atoms with Crippen molar-refractivity contribution in [2.75, 3.05) is 6.54 Å². The van der Waals surface area contributed by atoms with Crippen molar-refractivity contribution in [2.45, 2.75) is 70.9 Å². The molecule has 100 valence electrons. The Labute approximate surface area is 106 Å². The van der Waals surface area contributed by atoms with Gasteiger partial charge in [-0.05, 0) is 56.4 Å². The van der Waals surface area contributed by atoms with E-state index in [1.807, 2.05) is 0 Å². The van der Waals surface area contributed by atoms with Gasteiger partial charge in [0.1, 0.15) is 0 Å². The van der Waals surface area contributed by atoms with Crippen LogP contribution in [0.1, 0.15) is 58.8 Å². The second-order valence-electron chi connectivity index (χ2n) is 6.60. The Hall–Kier alpha value is -0.0800. The number of aliphatic hydroxyl groups is 1. The third kappa shape index (κ3) is 3.96. The summed E-state index contributed by atoms with van der Waals surface area (Å²) in [5, 5.41) is 13.5. The summed E-state index contributed by atoms with van der Waals surface area (Å²) in [7, 11) is 0. The molecule has 0 spiro atoms. The smallest absolute Gasteiger partial charge is 0.0543 e. The third-order valence-corrected chi connectivity index (χ3v) is 4.88. The molecule has 5 atom stereocenters. The van der Waals surface area contributed by atoms with Gasteiger partial charge in [-0.15, -0.1) is 0 Å². The molecule has 0 aromatic rings. The maximum Gasteiger partial charge on any atom is 0.0543 e. The van der Waals surface area contributed by atoms with Gasteiger partial charge in [-0.3, -0.25) is 0 Å². The fraction of sp³-hybridized carbons (Fsp3) is 1.00. The molecule has 0 saturated heterocycles. The summed E-state index contributed by atoms with van der Waals surface area (Å²) >= 11 is 0. The summed E-state index contributed by atoms with van der Waals surface area (Å²) in [4.78, 5) is 0. The number of hydrogen-bond acceptors (Lipinski definition) is 2. The van der Waals surface area contributed by atoms with Crippen LogP contribution in [0, 0.1) is 17.8 Å². The van der Waals surface area contributed by atoms with Gasteiger partial charge in [0, 0.05) is 6.04 Å². The highest BCUT2D eigenvalue weighted by Gasteiger charge is 2.26. The molecule has 0 heterocycles. The topological polar surface area (TPSA) is 32.3 Å². The average Bonchev–Trinajstić information content (AvgIpc) is 2.30. The van der Waals surface area contributed by atoms with Crippen LogP contribution in [0.15, 0.2) is 0 Å². The quantitative estimate of drug-likeness (QED) is 0.793. The summed E-state index contributed by atoms with van der Waals surface area (Å²) in [5.41, 5.74) is 0. The molecule has 5 unspecified atom stereocenters. The van der Waals surface area contributed by atoms with E-state index in [1.165, 1.54) is 32.1 Å². The molecule has 2 fully saturated rings. The third-order valence-electron chi connectivity index (χ3n) is 4.88. The normalized spacial score (nSPS) is 43.6. The van der Waals surface area contributed by atoms with E-state index in [2.05, 4.69) is 19.2 Å². The first-order chi connectivity index (χ1) is 8.15. The molecular weight excluding hydrogens is 210 g/mol. The van der Waals surface area contributed by atoms with Crippen LogP contribution in [-0.2, 0) is 0 Å². The van der Waals surface area contributed by atoms with E-state index < -0.39 is 0 Å². The van der Waals surface area contributed by atoms with Crippen molar-refractivity contribution < 1.29 is 5.11 Å². The molecule has 0 aromatic carbocycles. The largest absolute Gasteiger partial charge is 0.393 e. The Bertz CT molecular complexity index is 231. The van der Waals surface area contributed by atoms with Crippen molar-refractivity contribution in [3.05, 3.63) is 0 Å². The zero-order chi connectivity index (χ0) is 12.3. The Morgan fingerprint density at radius 2 is 1.88 bits per heavy atom. The summed E-state index contributed by atoms with van der Waals surface area (Å²) < 4.78 is 0. The molecule has 2 aliphatic rings. The van der Waals surface area contributed by atoms with E-state index in [1.54, 1.807) is 0 Å². The second kappa shape index (κ2) is 6.19. The van der Waals surface area contributed by atoms with Crippen molar-refractivity contribution in [2.24, 2.45) is 17.8 Å². The average molecular weight is 239 g/mol. The van der Waals surface area contributed by atoms with Gasteiger partial charge in [-0.25, -0.2) is 0 Å². The lowest BCUT2D eigenvalue weighted by Gasteiger charge is -2.35. The minimum atomic E-state index is -0.0294. The van der Waals surface area contributed by atoms with E-state index in [0.717, 1.165) is 37.3 Å². The van der Waals surface area contributed by atoms with Crippen molar-refractivity contribution in [1.82, 2.24) is 5.32 Å². The van der Waals surface area contributed by atoms with Gasteiger partial charge in [0.15, 0.2) is 0 Å². The van der Waals surface area contributed by atoms with Gasteiger partial charge in [0.2, 0.25) is 0 Å². The Morgan fingerprint density at radius 1 is 1.06 bits per heavy atom. The Kier molecular flexibility index (Phi) is 4.87. The van der Waals surface area contributed by atoms with E-state index >= 15 is 0 Å². The zero-order valence-electron chi connectivity index (χ0n) is 11.5. The predicted molar refractivity (Wildman–Crippen MR) is 71.9 cm³/mol. The first kappa shape index (κ1) is 13.4. The van der Waals surface area contributed by atoms with Crippen molar-refractivity contribution in [1.29, 1.82) is 0 Å². The molecule has 2 rings (SSSR count). The standard InChI is InChI=1S/C15H29NO/c1-11-6-7-12(2)15(8-11)16-10-13-4-3-5-14(17)9-13/h11-17H,3-10H2,1-2H3. The van der Waals surface area contributed by atoms with Crippen molar-refractivity contribution >= 4 is 0 Å². The van der Waals surface area contributed by atoms with E-state index in [4.69, 9.17) is 0 Å². The van der Waals surface area contributed by atoms with Gasteiger partial charge in [0.05, 0.1) is 6.10 Å². The number of hydrogen-bond donors (Lipinski definition) is 2. The van der Waals surface area contributed by atoms with E-state index in [0.29, 0.717) is 5.92 Å². The molecule has 2 heteroatoms. The monoisotopic (exact) mass is 239 g/mol. The first-order valence-corrected chi connectivity index (χ1v) is 7.56. The lowest BCUT2D eigenvalue weighted by molar-refractivity contribution is 0.0967. The number of aliphatic hydroxyl groups excluding tert-OH is 1. The van der Waals surface area contributed by atoms with Gasteiger partial charge >= 0.3 is 0 Å². The molecule has 0 radical (unpaired) electrons. The maximum absolute atomic E-state index is 9.68. The molecular formula is C15H29NO. The molecule has 0 bridgehead atoms. The molecule has 0 aromatic heterocycles. The summed E-state index contributed by atoms with van der Waals surface area (Å²) in [5.74, 6) is 2.43. The van der Waals surface area contributed by atoms with Crippen LogP contribution in [0.2, 0.25) is 0 Å². The maximum atomic E-state index is 9.68. The molecule has 0 aliphatic heterocycles. The van der Waals surface area contributed by atoms with Gasteiger partial charge in [-0.1, -0.05) is 26.7 Å². The highest BCUT2D eigenvalue weighted by Crippen LogP contribution is 2.29. The molecule has 17 heavy (non-hydrogen) atoms. The number of nitrogens with one attached hydrogen (secondary N) is 1. The fourth-order valence-electron chi connectivity index (χ4n) is 3.58. The lowest BCUT2D eigenvalue weighted by atomic mass is 9.79. The number of rotatable bonds is 3. The zero-order valence-corrected chi connectivity index (χ0v) is 11.5. The summed E-state index contributed by atoms with van der Waals surface area (Å²) in [6.45, 7) is 5.89.